The molecule has 6 aromatic heterocycles. The van der Waals surface area contributed by atoms with Gasteiger partial charge in [0.2, 0.25) is 5.28 Å². The molecule has 1 fully saturated rings. The molecule has 6 aromatic carbocycles. The molecule has 1 saturated heterocycles. The van der Waals surface area contributed by atoms with E-state index >= 15 is 0 Å². The van der Waals surface area contributed by atoms with Crippen LogP contribution in [-0.2, 0) is 33.3 Å². The van der Waals surface area contributed by atoms with Crippen molar-refractivity contribution < 1.29 is 23.9 Å². The number of aliphatic hydroxyl groups excluding tert-OH is 2. The number of hydrogen-bond donors (Lipinski definition) is 5. The fourth-order valence-corrected chi connectivity index (χ4v) is 9.65. The van der Waals surface area contributed by atoms with Crippen molar-refractivity contribution >= 4 is 73.0 Å². The maximum atomic E-state index is 10.0. The summed E-state index contributed by atoms with van der Waals surface area (Å²) in [4.78, 5) is 13.5. The van der Waals surface area contributed by atoms with Crippen molar-refractivity contribution in [3.63, 3.8) is 0 Å². The molecular formula is C67H62B3ClN12O5. The summed E-state index contributed by atoms with van der Waals surface area (Å²) in [5.74, 6) is 7.56. The molecule has 13 rings (SSSR count). The second-order valence-electron chi connectivity index (χ2n) is 19.7. The Bertz CT molecular complexity index is 4190. The van der Waals surface area contributed by atoms with Gasteiger partial charge in [-0.2, -0.15) is 4.98 Å². The molecule has 21 heteroatoms. The Morgan fingerprint density at radius 3 is 1.12 bits per heavy atom. The quantitative estimate of drug-likeness (QED) is 0.0509. The fourth-order valence-electron chi connectivity index (χ4n) is 9.48. The predicted octanol–water partition coefficient (Wildman–Crippen LogP) is 13.0. The number of fused-ring (bicyclic) bond motifs is 3. The summed E-state index contributed by atoms with van der Waals surface area (Å²) in [5, 5.41) is 42.8. The van der Waals surface area contributed by atoms with Gasteiger partial charge < -0.3 is 39.9 Å². The van der Waals surface area contributed by atoms with Crippen molar-refractivity contribution in [2.45, 2.75) is 25.7 Å². The molecule has 1 aliphatic rings. The number of aromatic nitrogens is 9. The van der Waals surface area contributed by atoms with Gasteiger partial charge in [0, 0.05) is 54.9 Å². The average Bonchev–Trinajstić information content (AvgIpc) is 2.15. The number of anilines is 3. The molecule has 5 N–H and O–H groups in total. The second-order valence-corrected chi connectivity index (χ2v) is 20.0. The Labute approximate surface area is 516 Å². The maximum absolute atomic E-state index is 10.0. The first-order valence-corrected chi connectivity index (χ1v) is 28.7. The third-order valence-electron chi connectivity index (χ3n) is 13.7. The van der Waals surface area contributed by atoms with Crippen molar-refractivity contribution in [1.82, 2.24) is 43.8 Å². The molecule has 1 aliphatic heterocycles. The van der Waals surface area contributed by atoms with Crippen LogP contribution >= 0.6 is 11.6 Å². The molecule has 0 bridgehead atoms. The number of nitrogens with one attached hydrogen (secondary N) is 3. The first kappa shape index (κ1) is 60.9. The number of nitrogens with zero attached hydrogens (tertiary/aromatic N) is 9. The summed E-state index contributed by atoms with van der Waals surface area (Å²) in [6.07, 6.45) is 6.23. The molecule has 0 spiro atoms. The van der Waals surface area contributed by atoms with E-state index in [-0.39, 0.29) is 11.1 Å². The molecule has 0 saturated carbocycles. The zero-order chi connectivity index (χ0) is 61.0. The van der Waals surface area contributed by atoms with Crippen molar-refractivity contribution in [3.8, 4) is 33.4 Å². The van der Waals surface area contributed by atoms with Gasteiger partial charge in [-0.25, -0.2) is 23.5 Å². The topological polar surface area (TPSA) is 195 Å². The van der Waals surface area contributed by atoms with Crippen molar-refractivity contribution in [1.29, 1.82) is 0 Å². The zero-order valence-electron chi connectivity index (χ0n) is 48.1. The first-order valence-electron chi connectivity index (χ1n) is 28.3. The van der Waals surface area contributed by atoms with Gasteiger partial charge in [0.15, 0.2) is 29.1 Å². The zero-order valence-corrected chi connectivity index (χ0v) is 48.8. The molecule has 88 heavy (non-hydrogen) atoms. The Morgan fingerprint density at radius 2 is 0.773 bits per heavy atom. The number of aliphatic hydroxyl groups is 2. The molecular weight excluding hydrogens is 1120 g/mol. The van der Waals surface area contributed by atoms with Crippen LogP contribution < -0.4 is 16.0 Å². The molecule has 0 amide bonds. The van der Waals surface area contributed by atoms with Crippen LogP contribution in [0, 0.1) is 0 Å². The minimum atomic E-state index is -1.13. The van der Waals surface area contributed by atoms with Crippen molar-refractivity contribution in [2.75, 3.05) is 22.6 Å². The summed E-state index contributed by atoms with van der Waals surface area (Å²) in [6.45, 7) is 16.0. The van der Waals surface area contributed by atoms with E-state index in [2.05, 4.69) is 127 Å². The monoisotopic (exact) mass is 1180 g/mol. The van der Waals surface area contributed by atoms with E-state index in [1.54, 1.807) is 33.0 Å². The Morgan fingerprint density at radius 1 is 0.443 bits per heavy atom. The number of rotatable bonds is 18. The largest absolute Gasteiger partial charge is 0.458 e. The lowest BCUT2D eigenvalue weighted by atomic mass is 9.70. The molecule has 1 unspecified atom stereocenters. The van der Waals surface area contributed by atoms with Gasteiger partial charge in [-0.1, -0.05) is 206 Å². The molecule has 7 heterocycles. The van der Waals surface area contributed by atoms with Crippen LogP contribution in [0.2, 0.25) is 5.28 Å². The Kier molecular flexibility index (Phi) is 20.9. The van der Waals surface area contributed by atoms with Gasteiger partial charge in [-0.3, -0.25) is 0 Å². The highest BCUT2D eigenvalue weighted by Crippen LogP contribution is 2.33. The standard InChI is InChI=1S/C21H20N4O2.C21H18N4.C19H15ClN4.C6H9B3O3/c26-14-18(27)20-23-21(22-13-15-7-3-1-4-8-15)19-17(11-12-25(19)24-20)16-9-5-2-6-10-16;1-2-19-23-21(22-15-16-9-5-3-6-10-16)20-18(13-14-25(20)24-19)17-11-7-4-8-12-17;20-19-22-18(21-13-14-7-3-1-4-8-14)17-16(11-12-24(17)23-19)15-9-5-2-6-10-15;1-4-7-10-8(5-2)12-9(6-3)11-7/h1-12,18,26-27H,13-14H2,(H,22,23,24);2-14H,1,15H2,(H,22,23,24);1-12H,13H2,(H,21,22,23);4-6H,1-3H2. The Hall–Kier alpha value is -10.2. The van der Waals surface area contributed by atoms with E-state index < -0.39 is 34.1 Å². The summed E-state index contributed by atoms with van der Waals surface area (Å²) >= 11 is 6.08. The lowest BCUT2D eigenvalue weighted by Crippen LogP contribution is -2.46. The average molecular weight is 1180 g/mol. The highest BCUT2D eigenvalue weighted by atomic mass is 35.5. The minimum Gasteiger partial charge on any atom is -0.445 e. The fraction of sp³-hybridized carbons (Fsp3) is 0.0746. The van der Waals surface area contributed by atoms with Crippen molar-refractivity contribution in [3.05, 3.63) is 297 Å². The molecule has 1 atom stereocenters. The Balaban J connectivity index is 0.000000134. The van der Waals surface area contributed by atoms with Gasteiger partial charge in [-0.05, 0) is 69.3 Å². The first-order chi connectivity index (χ1) is 43.2. The van der Waals surface area contributed by atoms with Crippen LogP contribution in [0.15, 0.2) is 263 Å². The van der Waals surface area contributed by atoms with Gasteiger partial charge in [-0.15, -0.1) is 35.0 Å². The third kappa shape index (κ3) is 15.4. The van der Waals surface area contributed by atoms with Gasteiger partial charge in [0.05, 0.1) is 6.61 Å². The highest BCUT2D eigenvalue weighted by Gasteiger charge is 2.35. The summed E-state index contributed by atoms with van der Waals surface area (Å²) in [7, 11) is -1.36. The molecule has 436 valence electrons. The molecule has 12 aromatic rings. The van der Waals surface area contributed by atoms with Crippen LogP contribution in [0.3, 0.4) is 0 Å². The van der Waals surface area contributed by atoms with E-state index in [1.807, 2.05) is 169 Å². The smallest absolute Gasteiger partial charge is 0.445 e. The van der Waals surface area contributed by atoms with Crippen LogP contribution in [0.25, 0.3) is 56.0 Å². The van der Waals surface area contributed by atoms with Crippen LogP contribution in [0.4, 0.5) is 17.5 Å². The second kappa shape index (κ2) is 30.3. The lowest BCUT2D eigenvalue weighted by molar-refractivity contribution is 0.0876. The lowest BCUT2D eigenvalue weighted by Gasteiger charge is -2.26. The molecule has 0 radical (unpaired) electrons. The van der Waals surface area contributed by atoms with Gasteiger partial charge in [0.25, 0.3) is 0 Å². The highest BCUT2D eigenvalue weighted by molar-refractivity contribution is 6.78. The third-order valence-corrected chi connectivity index (χ3v) is 13.9. The predicted molar refractivity (Wildman–Crippen MR) is 355 cm³/mol. The minimum absolute atomic E-state index is 0.177. The van der Waals surface area contributed by atoms with Gasteiger partial charge >= 0.3 is 21.4 Å². The maximum Gasteiger partial charge on any atom is 0.458 e. The van der Waals surface area contributed by atoms with E-state index in [9.17, 15) is 10.2 Å². The van der Waals surface area contributed by atoms with E-state index in [1.165, 1.54) is 11.1 Å². The SMILES string of the molecule is C=CB1OB(C=C)OB(C=C)O1.C=Cc1nc(NCc2ccccc2)c2c(-c3ccccc3)ccn2n1.Clc1nc(NCc2ccccc2)c2c(-c3ccccc3)ccn2n1.OCC(O)c1nc(NCc2ccccc2)c2c(-c3ccccc3)ccn2n1. The number of hydrogen-bond acceptors (Lipinski definition) is 14. The summed E-state index contributed by atoms with van der Waals surface area (Å²) < 4.78 is 20.9. The van der Waals surface area contributed by atoms with Crippen LogP contribution in [0.1, 0.15) is 34.4 Å². The van der Waals surface area contributed by atoms with Gasteiger partial charge in [0.1, 0.15) is 22.7 Å². The normalized spacial score (nSPS) is 12.1. The number of benzene rings is 6. The summed E-state index contributed by atoms with van der Waals surface area (Å²) in [5.41, 5.74) is 12.7. The molecule has 17 nitrogen and oxygen atoms in total. The summed E-state index contributed by atoms with van der Waals surface area (Å²) in [6, 6.07) is 67.0. The van der Waals surface area contributed by atoms with Crippen LogP contribution in [-0.4, -0.2) is 82.0 Å². The van der Waals surface area contributed by atoms with Crippen LogP contribution in [0.5, 0.6) is 0 Å². The van der Waals surface area contributed by atoms with E-state index in [0.717, 1.165) is 67.1 Å². The molecule has 0 aliphatic carbocycles. The van der Waals surface area contributed by atoms with E-state index in [0.29, 0.717) is 31.3 Å². The number of halogens is 1. The van der Waals surface area contributed by atoms with E-state index in [4.69, 9.17) is 25.3 Å². The van der Waals surface area contributed by atoms with Crippen molar-refractivity contribution in [2.24, 2.45) is 0 Å².